The van der Waals surface area contributed by atoms with Crippen LogP contribution in [0.5, 0.6) is 11.5 Å². The number of esters is 1. The van der Waals surface area contributed by atoms with Crippen molar-refractivity contribution >= 4 is 17.3 Å². The highest BCUT2D eigenvalue weighted by Gasteiger charge is 2.54. The monoisotopic (exact) mass is 391 g/mol. The molecular weight excluding hydrogens is 374 g/mol. The highest BCUT2D eigenvalue weighted by Crippen LogP contribution is 2.57. The van der Waals surface area contributed by atoms with E-state index in [1.165, 1.54) is 0 Å². The SMILES string of the molecule is O=C1OC2(c3ccccc3Oc3ccccc32)c2c(Nc3ccccc3)cccc21. The van der Waals surface area contributed by atoms with Gasteiger partial charge in [-0.25, -0.2) is 4.79 Å². The van der Waals surface area contributed by atoms with Crippen molar-refractivity contribution in [2.24, 2.45) is 0 Å². The number of ether oxygens (including phenoxy) is 2. The van der Waals surface area contributed by atoms with E-state index in [9.17, 15) is 4.79 Å². The van der Waals surface area contributed by atoms with Crippen LogP contribution in [0, 0.1) is 0 Å². The van der Waals surface area contributed by atoms with Gasteiger partial charge in [-0.1, -0.05) is 60.7 Å². The summed E-state index contributed by atoms with van der Waals surface area (Å²) < 4.78 is 12.4. The third kappa shape index (κ3) is 2.25. The lowest BCUT2D eigenvalue weighted by molar-refractivity contribution is 0.0226. The van der Waals surface area contributed by atoms with Crippen LogP contribution in [0.4, 0.5) is 11.4 Å². The maximum atomic E-state index is 13.1. The number of nitrogens with one attached hydrogen (secondary N) is 1. The van der Waals surface area contributed by atoms with Crippen molar-refractivity contribution in [3.63, 3.8) is 0 Å². The molecule has 0 radical (unpaired) electrons. The van der Waals surface area contributed by atoms with Gasteiger partial charge in [0.2, 0.25) is 0 Å². The Labute approximate surface area is 173 Å². The predicted octanol–water partition coefficient (Wildman–Crippen LogP) is 6.00. The lowest BCUT2D eigenvalue weighted by Crippen LogP contribution is -2.33. The third-order valence-electron chi connectivity index (χ3n) is 5.69. The van der Waals surface area contributed by atoms with Crippen molar-refractivity contribution < 1.29 is 14.3 Å². The van der Waals surface area contributed by atoms with E-state index in [0.29, 0.717) is 17.1 Å². The van der Waals surface area contributed by atoms with Crippen LogP contribution in [0.2, 0.25) is 0 Å². The van der Waals surface area contributed by atoms with E-state index < -0.39 is 5.60 Å². The number of hydrogen-bond donors (Lipinski definition) is 1. The fourth-order valence-corrected chi connectivity index (χ4v) is 4.46. The van der Waals surface area contributed by atoms with Crippen molar-refractivity contribution in [2.75, 3.05) is 5.32 Å². The topological polar surface area (TPSA) is 47.6 Å². The maximum absolute atomic E-state index is 13.1. The van der Waals surface area contributed by atoms with E-state index in [0.717, 1.165) is 28.1 Å². The van der Waals surface area contributed by atoms with Crippen LogP contribution in [0.15, 0.2) is 97.1 Å². The number of benzene rings is 4. The molecule has 6 rings (SSSR count). The molecule has 4 nitrogen and oxygen atoms in total. The van der Waals surface area contributed by atoms with E-state index >= 15 is 0 Å². The van der Waals surface area contributed by atoms with Crippen LogP contribution in [-0.2, 0) is 10.3 Å². The van der Waals surface area contributed by atoms with Crippen molar-refractivity contribution in [3.05, 3.63) is 119 Å². The molecule has 2 heterocycles. The number of carbonyl (C=O) groups is 1. The molecule has 0 saturated heterocycles. The van der Waals surface area contributed by atoms with Gasteiger partial charge in [0.15, 0.2) is 5.60 Å². The van der Waals surface area contributed by atoms with Crippen molar-refractivity contribution in [2.45, 2.75) is 5.60 Å². The number of anilines is 2. The molecule has 1 spiro atoms. The first-order valence-corrected chi connectivity index (χ1v) is 9.83. The third-order valence-corrected chi connectivity index (χ3v) is 5.69. The molecule has 30 heavy (non-hydrogen) atoms. The van der Waals surface area contributed by atoms with Gasteiger partial charge in [-0.2, -0.15) is 0 Å². The van der Waals surface area contributed by atoms with Gasteiger partial charge in [-0.15, -0.1) is 0 Å². The second-order valence-corrected chi connectivity index (χ2v) is 7.38. The molecule has 0 saturated carbocycles. The van der Waals surface area contributed by atoms with Crippen LogP contribution in [0.1, 0.15) is 27.0 Å². The zero-order chi connectivity index (χ0) is 20.1. The normalized spacial score (nSPS) is 14.9. The van der Waals surface area contributed by atoms with Gasteiger partial charge in [-0.3, -0.25) is 0 Å². The summed E-state index contributed by atoms with van der Waals surface area (Å²) in [5.74, 6) is 1.03. The number of carbonyl (C=O) groups excluding carboxylic acids is 1. The number of fused-ring (bicyclic) bond motifs is 6. The second-order valence-electron chi connectivity index (χ2n) is 7.38. The average molecular weight is 391 g/mol. The summed E-state index contributed by atoms with van der Waals surface area (Å²) in [5.41, 5.74) is 3.70. The van der Waals surface area contributed by atoms with Gasteiger partial charge >= 0.3 is 5.97 Å². The highest BCUT2D eigenvalue weighted by atomic mass is 16.6. The lowest BCUT2D eigenvalue weighted by Gasteiger charge is -2.37. The molecule has 0 unspecified atom stereocenters. The zero-order valence-corrected chi connectivity index (χ0v) is 16.0. The van der Waals surface area contributed by atoms with E-state index in [2.05, 4.69) is 5.32 Å². The summed E-state index contributed by atoms with van der Waals surface area (Å²) in [6.07, 6.45) is 0. The largest absolute Gasteiger partial charge is 0.456 e. The summed E-state index contributed by atoms with van der Waals surface area (Å²) in [6, 6.07) is 31.1. The molecule has 4 aromatic rings. The Morgan fingerprint density at radius 1 is 0.667 bits per heavy atom. The Kier molecular flexibility index (Phi) is 3.50. The zero-order valence-electron chi connectivity index (χ0n) is 16.0. The number of rotatable bonds is 2. The summed E-state index contributed by atoms with van der Waals surface area (Å²) in [7, 11) is 0. The van der Waals surface area contributed by atoms with Gasteiger partial charge in [0.25, 0.3) is 0 Å². The van der Waals surface area contributed by atoms with Crippen LogP contribution in [0.25, 0.3) is 0 Å². The summed E-state index contributed by atoms with van der Waals surface area (Å²) in [4.78, 5) is 13.1. The minimum Gasteiger partial charge on any atom is -0.456 e. The molecule has 0 aliphatic carbocycles. The van der Waals surface area contributed by atoms with E-state index in [-0.39, 0.29) is 5.97 Å². The fourth-order valence-electron chi connectivity index (χ4n) is 4.46. The molecule has 0 atom stereocenters. The molecule has 4 heteroatoms. The van der Waals surface area contributed by atoms with Crippen LogP contribution in [0.3, 0.4) is 0 Å². The minimum atomic E-state index is -1.07. The molecule has 144 valence electrons. The minimum absolute atomic E-state index is 0.340. The van der Waals surface area contributed by atoms with Gasteiger partial charge in [-0.05, 0) is 36.4 Å². The molecule has 2 aliphatic rings. The van der Waals surface area contributed by atoms with Crippen molar-refractivity contribution in [1.82, 2.24) is 0 Å². The molecule has 1 N–H and O–H groups in total. The highest BCUT2D eigenvalue weighted by molar-refractivity contribution is 5.99. The quantitative estimate of drug-likeness (QED) is 0.426. The standard InChI is InChI=1S/C26H17NO3/c28-25-18-11-8-14-21(27-17-9-2-1-3-10-17)24(18)26(30-25)19-12-4-6-15-22(19)29-23-16-7-5-13-20(23)26/h1-16,27H. The number of para-hydroxylation sites is 3. The summed E-state index contributed by atoms with van der Waals surface area (Å²) in [6.45, 7) is 0. The molecule has 0 amide bonds. The lowest BCUT2D eigenvalue weighted by atomic mass is 9.77. The first-order valence-electron chi connectivity index (χ1n) is 9.83. The van der Waals surface area contributed by atoms with Gasteiger partial charge in [0, 0.05) is 28.1 Å². The van der Waals surface area contributed by atoms with E-state index in [1.54, 1.807) is 0 Å². The molecule has 0 aromatic heterocycles. The fraction of sp³-hybridized carbons (Fsp3) is 0.0385. The van der Waals surface area contributed by atoms with Crippen LogP contribution in [-0.4, -0.2) is 5.97 Å². The summed E-state index contributed by atoms with van der Waals surface area (Å²) >= 11 is 0. The Balaban J connectivity index is 1.67. The molecule has 2 aliphatic heterocycles. The van der Waals surface area contributed by atoms with Crippen LogP contribution < -0.4 is 10.1 Å². The van der Waals surface area contributed by atoms with Crippen LogP contribution >= 0.6 is 0 Å². The predicted molar refractivity (Wildman–Crippen MR) is 114 cm³/mol. The number of hydrogen-bond acceptors (Lipinski definition) is 4. The summed E-state index contributed by atoms with van der Waals surface area (Å²) in [5, 5.41) is 3.48. The van der Waals surface area contributed by atoms with Gasteiger partial charge in [0.05, 0.1) is 5.56 Å². The van der Waals surface area contributed by atoms with Gasteiger partial charge in [0.1, 0.15) is 11.5 Å². The Morgan fingerprint density at radius 2 is 1.30 bits per heavy atom. The molecule has 0 fully saturated rings. The Morgan fingerprint density at radius 3 is 2.00 bits per heavy atom. The average Bonchev–Trinajstić information content (AvgIpc) is 3.09. The Hall–Kier alpha value is -4.05. The van der Waals surface area contributed by atoms with E-state index in [4.69, 9.17) is 9.47 Å². The molecule has 4 aromatic carbocycles. The first-order chi connectivity index (χ1) is 14.8. The van der Waals surface area contributed by atoms with E-state index in [1.807, 2.05) is 97.1 Å². The first kappa shape index (κ1) is 16.9. The van der Waals surface area contributed by atoms with Crippen molar-refractivity contribution in [1.29, 1.82) is 0 Å². The Bertz CT molecular complexity index is 1250. The maximum Gasteiger partial charge on any atom is 0.340 e. The van der Waals surface area contributed by atoms with Gasteiger partial charge < -0.3 is 14.8 Å². The molecular formula is C26H17NO3. The smallest absolute Gasteiger partial charge is 0.340 e. The van der Waals surface area contributed by atoms with Crippen molar-refractivity contribution in [3.8, 4) is 11.5 Å². The second kappa shape index (κ2) is 6.22. The molecule has 0 bridgehead atoms.